The zero-order chi connectivity index (χ0) is 10.7. The molecule has 1 aromatic carbocycles. The molecule has 74 valence electrons. The van der Waals surface area contributed by atoms with Crippen LogP contribution in [-0.4, -0.2) is 12.8 Å². The van der Waals surface area contributed by atoms with Gasteiger partial charge >= 0.3 is 0 Å². The molecule has 0 atom stereocenters. The standard InChI is InChI=1S/C10H8F3N/c1-6(11)10(14-2)7-3-4-8(12)9(13)5-7/h3-5H,1H2,2H3/b14-10+. The van der Waals surface area contributed by atoms with Crippen molar-refractivity contribution in [3.8, 4) is 0 Å². The summed E-state index contributed by atoms with van der Waals surface area (Å²) in [7, 11) is 1.35. The van der Waals surface area contributed by atoms with E-state index in [0.29, 0.717) is 0 Å². The summed E-state index contributed by atoms with van der Waals surface area (Å²) in [6, 6.07) is 3.03. The van der Waals surface area contributed by atoms with Gasteiger partial charge in [0.1, 0.15) is 5.83 Å². The Labute approximate surface area is 79.6 Å². The Morgan fingerprint density at radius 3 is 2.36 bits per heavy atom. The molecule has 0 aromatic heterocycles. The summed E-state index contributed by atoms with van der Waals surface area (Å²) in [6.45, 7) is 3.04. The van der Waals surface area contributed by atoms with Crippen LogP contribution in [0.1, 0.15) is 5.56 Å². The Morgan fingerprint density at radius 1 is 1.29 bits per heavy atom. The molecule has 0 aliphatic rings. The van der Waals surface area contributed by atoms with Gasteiger partial charge in [-0.3, -0.25) is 4.99 Å². The lowest BCUT2D eigenvalue weighted by Crippen LogP contribution is -2.02. The Balaban J connectivity index is 3.20. The molecule has 0 N–H and O–H groups in total. The van der Waals surface area contributed by atoms with Crippen LogP contribution in [0, 0.1) is 11.6 Å². The molecule has 1 nitrogen and oxygen atoms in total. The number of benzene rings is 1. The zero-order valence-electron chi connectivity index (χ0n) is 7.52. The molecule has 0 aliphatic heterocycles. The summed E-state index contributed by atoms with van der Waals surface area (Å²) in [4.78, 5) is 3.58. The van der Waals surface area contributed by atoms with Crippen molar-refractivity contribution in [2.24, 2.45) is 4.99 Å². The van der Waals surface area contributed by atoms with E-state index in [1.54, 1.807) is 0 Å². The van der Waals surface area contributed by atoms with Crippen LogP contribution < -0.4 is 0 Å². The number of rotatable bonds is 2. The van der Waals surface area contributed by atoms with Gasteiger partial charge in [0.2, 0.25) is 0 Å². The Bertz CT molecular complexity index is 396. The van der Waals surface area contributed by atoms with Crippen LogP contribution >= 0.6 is 0 Å². The van der Waals surface area contributed by atoms with Gasteiger partial charge in [-0.1, -0.05) is 6.58 Å². The van der Waals surface area contributed by atoms with Crippen molar-refractivity contribution in [1.29, 1.82) is 0 Å². The van der Waals surface area contributed by atoms with Crippen LogP contribution in [0.3, 0.4) is 0 Å². The van der Waals surface area contributed by atoms with Gasteiger partial charge in [-0.05, 0) is 18.2 Å². The third kappa shape index (κ3) is 2.02. The second kappa shape index (κ2) is 4.09. The molecule has 0 radical (unpaired) electrons. The summed E-state index contributed by atoms with van der Waals surface area (Å²) in [5.74, 6) is -2.79. The predicted octanol–water partition coefficient (Wildman–Crippen LogP) is 2.87. The Kier molecular flexibility index (Phi) is 3.06. The molecule has 0 bridgehead atoms. The maximum atomic E-state index is 12.8. The van der Waals surface area contributed by atoms with E-state index in [-0.39, 0.29) is 11.3 Å². The van der Waals surface area contributed by atoms with Crippen LogP contribution in [0.15, 0.2) is 35.6 Å². The second-order valence-electron chi connectivity index (χ2n) is 2.61. The first-order valence-corrected chi connectivity index (χ1v) is 3.83. The SMILES string of the molecule is C=C(F)/C(=N\C)c1ccc(F)c(F)c1. The number of hydrogen-bond acceptors (Lipinski definition) is 1. The first-order chi connectivity index (χ1) is 6.56. The van der Waals surface area contributed by atoms with Gasteiger partial charge in [0, 0.05) is 12.6 Å². The summed E-state index contributed by atoms with van der Waals surface area (Å²) < 4.78 is 38.0. The topological polar surface area (TPSA) is 12.4 Å². The molecular weight excluding hydrogens is 191 g/mol. The van der Waals surface area contributed by atoms with Crippen LogP contribution in [0.4, 0.5) is 13.2 Å². The van der Waals surface area contributed by atoms with Crippen molar-refractivity contribution in [2.75, 3.05) is 7.05 Å². The van der Waals surface area contributed by atoms with Gasteiger partial charge < -0.3 is 0 Å². The lowest BCUT2D eigenvalue weighted by molar-refractivity contribution is 0.508. The van der Waals surface area contributed by atoms with Crippen LogP contribution in [0.2, 0.25) is 0 Å². The molecule has 0 fully saturated rings. The smallest absolute Gasteiger partial charge is 0.159 e. The van der Waals surface area contributed by atoms with Gasteiger partial charge in [0.25, 0.3) is 0 Å². The summed E-state index contributed by atoms with van der Waals surface area (Å²) in [6.07, 6.45) is 0. The van der Waals surface area contributed by atoms with Gasteiger partial charge in [-0.2, -0.15) is 0 Å². The van der Waals surface area contributed by atoms with E-state index >= 15 is 0 Å². The van der Waals surface area contributed by atoms with Gasteiger partial charge in [0.15, 0.2) is 11.6 Å². The van der Waals surface area contributed by atoms with E-state index in [2.05, 4.69) is 11.6 Å². The van der Waals surface area contributed by atoms with Crippen molar-refractivity contribution in [3.05, 3.63) is 47.8 Å². The molecule has 0 heterocycles. The van der Waals surface area contributed by atoms with Crippen molar-refractivity contribution in [3.63, 3.8) is 0 Å². The van der Waals surface area contributed by atoms with Gasteiger partial charge in [-0.15, -0.1) is 0 Å². The molecule has 0 amide bonds. The average Bonchev–Trinajstić information content (AvgIpc) is 2.11. The highest BCUT2D eigenvalue weighted by Gasteiger charge is 2.09. The maximum absolute atomic E-state index is 12.8. The number of nitrogens with zero attached hydrogens (tertiary/aromatic N) is 1. The van der Waals surface area contributed by atoms with E-state index in [9.17, 15) is 13.2 Å². The predicted molar refractivity (Wildman–Crippen MR) is 49.1 cm³/mol. The molecule has 0 spiro atoms. The fourth-order valence-electron chi connectivity index (χ4n) is 1.05. The minimum absolute atomic E-state index is 0.0797. The van der Waals surface area contributed by atoms with E-state index in [4.69, 9.17) is 0 Å². The largest absolute Gasteiger partial charge is 0.285 e. The lowest BCUT2D eigenvalue weighted by atomic mass is 10.1. The Morgan fingerprint density at radius 2 is 1.93 bits per heavy atom. The van der Waals surface area contributed by atoms with Gasteiger partial charge in [-0.25, -0.2) is 13.2 Å². The van der Waals surface area contributed by atoms with Gasteiger partial charge in [0.05, 0.1) is 5.71 Å². The van der Waals surface area contributed by atoms with Crippen LogP contribution in [0.25, 0.3) is 0 Å². The highest BCUT2D eigenvalue weighted by molar-refractivity contribution is 6.10. The van der Waals surface area contributed by atoms with E-state index in [0.717, 1.165) is 12.1 Å². The van der Waals surface area contributed by atoms with E-state index in [1.165, 1.54) is 13.1 Å². The third-order valence-corrected chi connectivity index (χ3v) is 1.67. The van der Waals surface area contributed by atoms with Crippen LogP contribution in [-0.2, 0) is 0 Å². The molecule has 0 unspecified atom stereocenters. The molecule has 1 rings (SSSR count). The Hall–Kier alpha value is -1.58. The minimum Gasteiger partial charge on any atom is -0.285 e. The number of aliphatic imine (C=N–C) groups is 1. The summed E-state index contributed by atoms with van der Waals surface area (Å²) in [5, 5.41) is 0. The number of allylic oxidation sites excluding steroid dienone is 1. The first kappa shape index (κ1) is 10.5. The van der Waals surface area contributed by atoms with Crippen molar-refractivity contribution < 1.29 is 13.2 Å². The summed E-state index contributed by atoms with van der Waals surface area (Å²) in [5.41, 5.74) is 0.0859. The highest BCUT2D eigenvalue weighted by Crippen LogP contribution is 2.13. The molecule has 0 saturated carbocycles. The minimum atomic E-state index is -1.04. The summed E-state index contributed by atoms with van der Waals surface area (Å²) >= 11 is 0. The fourth-order valence-corrected chi connectivity index (χ4v) is 1.05. The molecule has 1 aromatic rings. The average molecular weight is 199 g/mol. The third-order valence-electron chi connectivity index (χ3n) is 1.67. The fraction of sp³-hybridized carbons (Fsp3) is 0.100. The number of hydrogen-bond donors (Lipinski definition) is 0. The zero-order valence-corrected chi connectivity index (χ0v) is 7.52. The van der Waals surface area contributed by atoms with Crippen LogP contribution in [0.5, 0.6) is 0 Å². The molecule has 4 heteroatoms. The molecule has 0 saturated heterocycles. The highest BCUT2D eigenvalue weighted by atomic mass is 19.2. The molecule has 14 heavy (non-hydrogen) atoms. The second-order valence-corrected chi connectivity index (χ2v) is 2.61. The molecular formula is C10H8F3N. The molecule has 0 aliphatic carbocycles. The maximum Gasteiger partial charge on any atom is 0.159 e. The van der Waals surface area contributed by atoms with E-state index < -0.39 is 17.5 Å². The lowest BCUT2D eigenvalue weighted by Gasteiger charge is -2.02. The first-order valence-electron chi connectivity index (χ1n) is 3.83. The normalized spacial score (nSPS) is 11.6. The van der Waals surface area contributed by atoms with Crippen molar-refractivity contribution >= 4 is 5.71 Å². The van der Waals surface area contributed by atoms with Crippen molar-refractivity contribution in [2.45, 2.75) is 0 Å². The number of halogens is 3. The quantitative estimate of drug-likeness (QED) is 0.649. The monoisotopic (exact) mass is 199 g/mol. The van der Waals surface area contributed by atoms with E-state index in [1.807, 2.05) is 0 Å². The van der Waals surface area contributed by atoms with Crippen molar-refractivity contribution in [1.82, 2.24) is 0 Å².